The van der Waals surface area contributed by atoms with Gasteiger partial charge in [-0.2, -0.15) is 0 Å². The van der Waals surface area contributed by atoms with Crippen LogP contribution in [0.3, 0.4) is 0 Å². The topological polar surface area (TPSA) is 70.7 Å². The van der Waals surface area contributed by atoms with Crippen LogP contribution in [0, 0.1) is 0 Å². The van der Waals surface area contributed by atoms with Gasteiger partial charge in [-0.05, 0) is 12.5 Å². The Hall–Kier alpha value is -1.92. The molecule has 0 saturated carbocycles. The number of ether oxygens (including phenoxy) is 1. The van der Waals surface area contributed by atoms with Gasteiger partial charge < -0.3 is 10.1 Å². The Kier molecular flexibility index (Phi) is 6.36. The highest BCUT2D eigenvalue weighted by Gasteiger charge is 2.17. The number of amides is 3. The predicted octanol–water partition coefficient (Wildman–Crippen LogP) is 1.12. The van der Waals surface area contributed by atoms with Crippen LogP contribution in [-0.4, -0.2) is 49.2 Å². The molecule has 2 N–H and O–H groups in total. The van der Waals surface area contributed by atoms with Crippen LogP contribution < -0.4 is 10.6 Å². The molecule has 1 aliphatic rings. The summed E-state index contributed by atoms with van der Waals surface area (Å²) in [7, 11) is 0. The van der Waals surface area contributed by atoms with Crippen molar-refractivity contribution in [3.63, 3.8) is 0 Å². The van der Waals surface area contributed by atoms with E-state index in [9.17, 15) is 9.59 Å². The standard InChI is InChI=1S/C16H23N3O3/c1-13-12-19(9-10-22-13)8-7-15(20)18-16(21)17-11-14-5-3-2-4-6-14/h2-6,13H,7-12H2,1H3,(H2,17,18,20,21). The molecule has 6 heteroatoms. The maximum Gasteiger partial charge on any atom is 0.321 e. The highest BCUT2D eigenvalue weighted by atomic mass is 16.5. The van der Waals surface area contributed by atoms with Crippen molar-refractivity contribution < 1.29 is 14.3 Å². The number of imide groups is 1. The first-order chi connectivity index (χ1) is 10.6. The summed E-state index contributed by atoms with van der Waals surface area (Å²) in [5, 5.41) is 5.02. The summed E-state index contributed by atoms with van der Waals surface area (Å²) in [4.78, 5) is 25.6. The van der Waals surface area contributed by atoms with E-state index < -0.39 is 6.03 Å². The van der Waals surface area contributed by atoms with E-state index >= 15 is 0 Å². The quantitative estimate of drug-likeness (QED) is 0.855. The summed E-state index contributed by atoms with van der Waals surface area (Å²) in [5.41, 5.74) is 0.993. The smallest absolute Gasteiger partial charge is 0.321 e. The van der Waals surface area contributed by atoms with Crippen molar-refractivity contribution in [3.05, 3.63) is 35.9 Å². The number of urea groups is 1. The Balaban J connectivity index is 1.62. The van der Waals surface area contributed by atoms with E-state index in [4.69, 9.17) is 4.74 Å². The van der Waals surface area contributed by atoms with Crippen LogP contribution >= 0.6 is 0 Å². The Morgan fingerprint density at radius 3 is 2.82 bits per heavy atom. The molecular formula is C16H23N3O3. The molecule has 120 valence electrons. The maximum absolute atomic E-state index is 11.8. The molecular weight excluding hydrogens is 282 g/mol. The lowest BCUT2D eigenvalue weighted by molar-refractivity contribution is -0.120. The first kappa shape index (κ1) is 16.5. The summed E-state index contributed by atoms with van der Waals surface area (Å²) >= 11 is 0. The van der Waals surface area contributed by atoms with E-state index in [1.165, 1.54) is 0 Å². The first-order valence-electron chi connectivity index (χ1n) is 7.59. The second kappa shape index (κ2) is 8.51. The van der Waals surface area contributed by atoms with E-state index in [1.807, 2.05) is 37.3 Å². The number of morpholine rings is 1. The molecule has 6 nitrogen and oxygen atoms in total. The molecule has 0 spiro atoms. The van der Waals surface area contributed by atoms with Gasteiger partial charge >= 0.3 is 6.03 Å². The molecule has 1 atom stereocenters. The third kappa shape index (κ3) is 5.83. The number of carbonyl (C=O) groups is 2. The Bertz CT molecular complexity index is 493. The minimum absolute atomic E-state index is 0.200. The van der Waals surface area contributed by atoms with Crippen LogP contribution in [0.5, 0.6) is 0 Å². The number of hydrogen-bond donors (Lipinski definition) is 2. The summed E-state index contributed by atoms with van der Waals surface area (Å²) in [6.07, 6.45) is 0.511. The molecule has 0 aliphatic carbocycles. The van der Waals surface area contributed by atoms with E-state index in [0.29, 0.717) is 26.1 Å². The van der Waals surface area contributed by atoms with E-state index in [0.717, 1.165) is 18.7 Å². The normalized spacial score (nSPS) is 18.7. The van der Waals surface area contributed by atoms with Crippen molar-refractivity contribution >= 4 is 11.9 Å². The number of nitrogens with zero attached hydrogens (tertiary/aromatic N) is 1. The number of hydrogen-bond acceptors (Lipinski definition) is 4. The largest absolute Gasteiger partial charge is 0.376 e. The van der Waals surface area contributed by atoms with Gasteiger partial charge in [0.05, 0.1) is 12.7 Å². The number of rotatable bonds is 5. The summed E-state index contributed by atoms with van der Waals surface area (Å²) in [6, 6.07) is 9.11. The lowest BCUT2D eigenvalue weighted by atomic mass is 10.2. The Labute approximate surface area is 130 Å². The second-order valence-electron chi connectivity index (χ2n) is 5.45. The summed E-state index contributed by atoms with van der Waals surface area (Å²) in [5.74, 6) is -0.260. The van der Waals surface area contributed by atoms with Gasteiger partial charge in [0.15, 0.2) is 0 Å². The number of nitrogens with one attached hydrogen (secondary N) is 2. The first-order valence-corrected chi connectivity index (χ1v) is 7.59. The molecule has 22 heavy (non-hydrogen) atoms. The average molecular weight is 305 g/mol. The molecule has 1 heterocycles. The van der Waals surface area contributed by atoms with Crippen molar-refractivity contribution in [2.45, 2.75) is 26.0 Å². The van der Waals surface area contributed by atoms with Gasteiger partial charge in [-0.3, -0.25) is 15.0 Å². The van der Waals surface area contributed by atoms with Crippen molar-refractivity contribution in [2.24, 2.45) is 0 Å². The third-order valence-corrected chi connectivity index (χ3v) is 3.53. The molecule has 2 rings (SSSR count). The van der Waals surface area contributed by atoms with Crippen molar-refractivity contribution in [3.8, 4) is 0 Å². The monoisotopic (exact) mass is 305 g/mol. The molecule has 0 bridgehead atoms. The Morgan fingerprint density at radius 1 is 1.32 bits per heavy atom. The fourth-order valence-electron chi connectivity index (χ4n) is 2.36. The molecule has 1 saturated heterocycles. The molecule has 1 aromatic carbocycles. The van der Waals surface area contributed by atoms with Crippen LogP contribution in [0.1, 0.15) is 18.9 Å². The van der Waals surface area contributed by atoms with Crippen LogP contribution in [0.15, 0.2) is 30.3 Å². The average Bonchev–Trinajstić information content (AvgIpc) is 2.52. The van der Waals surface area contributed by atoms with Crippen molar-refractivity contribution in [2.75, 3.05) is 26.2 Å². The van der Waals surface area contributed by atoms with Crippen LogP contribution in [0.4, 0.5) is 4.79 Å². The minimum Gasteiger partial charge on any atom is -0.376 e. The molecule has 1 aliphatic heterocycles. The summed E-state index contributed by atoms with van der Waals surface area (Å²) < 4.78 is 5.45. The third-order valence-electron chi connectivity index (χ3n) is 3.53. The van der Waals surface area contributed by atoms with Gasteiger partial charge in [0.2, 0.25) is 5.91 Å². The van der Waals surface area contributed by atoms with Gasteiger partial charge in [-0.25, -0.2) is 4.79 Å². The Morgan fingerprint density at radius 2 is 2.09 bits per heavy atom. The van der Waals surface area contributed by atoms with Gasteiger partial charge in [-0.15, -0.1) is 0 Å². The molecule has 1 aromatic rings. The number of benzene rings is 1. The molecule has 0 radical (unpaired) electrons. The molecule has 0 aromatic heterocycles. The van der Waals surface area contributed by atoms with Crippen LogP contribution in [-0.2, 0) is 16.1 Å². The zero-order chi connectivity index (χ0) is 15.8. The fraction of sp³-hybridized carbons (Fsp3) is 0.500. The molecule has 1 fully saturated rings. The zero-order valence-corrected chi connectivity index (χ0v) is 12.9. The summed E-state index contributed by atoms with van der Waals surface area (Å²) in [6.45, 7) is 5.42. The zero-order valence-electron chi connectivity index (χ0n) is 12.9. The molecule has 3 amide bonds. The van der Waals surface area contributed by atoms with Gasteiger partial charge in [0.1, 0.15) is 0 Å². The SMILES string of the molecule is CC1CN(CCC(=O)NC(=O)NCc2ccccc2)CCO1. The van der Waals surface area contributed by atoms with Gasteiger partial charge in [-0.1, -0.05) is 30.3 Å². The fourth-order valence-corrected chi connectivity index (χ4v) is 2.36. The molecule has 1 unspecified atom stereocenters. The van der Waals surface area contributed by atoms with Crippen molar-refractivity contribution in [1.82, 2.24) is 15.5 Å². The second-order valence-corrected chi connectivity index (χ2v) is 5.45. The number of carbonyl (C=O) groups excluding carboxylic acids is 2. The lowest BCUT2D eigenvalue weighted by Crippen LogP contribution is -2.44. The highest BCUT2D eigenvalue weighted by Crippen LogP contribution is 2.04. The maximum atomic E-state index is 11.8. The predicted molar refractivity (Wildman–Crippen MR) is 83.3 cm³/mol. The minimum atomic E-state index is -0.454. The van der Waals surface area contributed by atoms with Gasteiger partial charge in [0, 0.05) is 32.6 Å². The highest BCUT2D eigenvalue weighted by molar-refractivity contribution is 5.94. The van der Waals surface area contributed by atoms with E-state index in [-0.39, 0.29) is 12.0 Å². The van der Waals surface area contributed by atoms with Gasteiger partial charge in [0.25, 0.3) is 0 Å². The van der Waals surface area contributed by atoms with Crippen molar-refractivity contribution in [1.29, 1.82) is 0 Å². The lowest BCUT2D eigenvalue weighted by Gasteiger charge is -2.30. The van der Waals surface area contributed by atoms with E-state index in [2.05, 4.69) is 15.5 Å². The van der Waals surface area contributed by atoms with Crippen LogP contribution in [0.2, 0.25) is 0 Å². The van der Waals surface area contributed by atoms with E-state index in [1.54, 1.807) is 0 Å². The van der Waals surface area contributed by atoms with Crippen LogP contribution in [0.25, 0.3) is 0 Å².